The van der Waals surface area contributed by atoms with E-state index in [2.05, 4.69) is 48.4 Å². The number of benzene rings is 3. The summed E-state index contributed by atoms with van der Waals surface area (Å²) in [6, 6.07) is 18.8. The molecular weight excluding hydrogens is 773 g/mol. The lowest BCUT2D eigenvalue weighted by atomic mass is 9.45. The van der Waals surface area contributed by atoms with E-state index in [1.54, 1.807) is 19.1 Å². The largest absolute Gasteiger partial charge is 0.496 e. The molecule has 1 heterocycles. The van der Waals surface area contributed by atoms with Crippen LogP contribution >= 0.6 is 0 Å². The van der Waals surface area contributed by atoms with Gasteiger partial charge in [0.25, 0.3) is 5.91 Å². The fraction of sp³-hybridized carbons (Fsp3) is 0.583. The highest BCUT2D eigenvalue weighted by atomic mass is 16.7. The summed E-state index contributed by atoms with van der Waals surface area (Å²) in [6.45, 7) is 9.56. The number of para-hydroxylation sites is 1. The van der Waals surface area contributed by atoms with Gasteiger partial charge < -0.3 is 45.4 Å². The Balaban J connectivity index is 1.27. The second-order valence-electron chi connectivity index (χ2n) is 18.8. The number of carbonyl (C=O) groups is 2. The molecule has 4 aliphatic rings. The van der Waals surface area contributed by atoms with E-state index < -0.39 is 24.2 Å². The summed E-state index contributed by atoms with van der Waals surface area (Å²) in [7, 11) is 11.4. The molecule has 1 aliphatic heterocycles. The SMILES string of the molecule is COc1c(CN2O[C@@H](CO)[C@@H]([C@H](C)O)[C@H]2C(=O)N[C@H]2C[C@@H]3C[C@@H]([C@@H]2C)C3(C)C)cccc1-c1cc(C(=O)N[C@@H](Cc2cccc(N(C)CCO)c2)CN(C)C)cc(N(C)C)c1. The summed E-state index contributed by atoms with van der Waals surface area (Å²) in [5.41, 5.74) is 5.96. The van der Waals surface area contributed by atoms with Crippen LogP contribution in [-0.4, -0.2) is 136 Å². The molecule has 13 nitrogen and oxygen atoms in total. The molecule has 13 heteroatoms. The average Bonchev–Trinajstić information content (AvgIpc) is 3.59. The number of hydroxylamine groups is 2. The number of methoxy groups -OCH3 is 1. The minimum absolute atomic E-state index is 0.0240. The normalized spacial score (nSPS) is 25.4. The van der Waals surface area contributed by atoms with E-state index in [9.17, 15) is 24.9 Å². The van der Waals surface area contributed by atoms with Gasteiger partial charge in [0.2, 0.25) is 5.91 Å². The van der Waals surface area contributed by atoms with Gasteiger partial charge in [-0.1, -0.05) is 51.1 Å². The van der Waals surface area contributed by atoms with Crippen LogP contribution in [0.1, 0.15) is 62.0 Å². The van der Waals surface area contributed by atoms with Crippen molar-refractivity contribution in [3.63, 3.8) is 0 Å². The number of nitrogens with one attached hydrogen (secondary N) is 2. The number of likely N-dealkylation sites (N-methyl/N-ethyl adjacent to an activating group) is 2. The van der Waals surface area contributed by atoms with Crippen molar-refractivity contribution < 1.29 is 34.5 Å². The molecule has 3 aromatic rings. The number of aliphatic hydroxyl groups excluding tert-OH is 3. The van der Waals surface area contributed by atoms with Crippen LogP contribution in [0.4, 0.5) is 11.4 Å². The number of nitrogens with zero attached hydrogens (tertiary/aromatic N) is 4. The summed E-state index contributed by atoms with van der Waals surface area (Å²) in [5, 5.41) is 39.2. The third-order valence-electron chi connectivity index (χ3n) is 13.9. The summed E-state index contributed by atoms with van der Waals surface area (Å²) in [4.78, 5) is 40.9. The Kier molecular flexibility index (Phi) is 14.7. The quantitative estimate of drug-likeness (QED) is 0.124. The average molecular weight is 843 g/mol. The molecule has 2 bridgehead atoms. The van der Waals surface area contributed by atoms with Crippen LogP contribution in [0.5, 0.6) is 5.75 Å². The molecule has 61 heavy (non-hydrogen) atoms. The van der Waals surface area contributed by atoms with Crippen LogP contribution in [0, 0.1) is 29.1 Å². The van der Waals surface area contributed by atoms with E-state index in [0.29, 0.717) is 48.6 Å². The maximum atomic E-state index is 14.4. The van der Waals surface area contributed by atoms with Crippen molar-refractivity contribution >= 4 is 23.2 Å². The van der Waals surface area contributed by atoms with Crippen molar-refractivity contribution in [3.05, 3.63) is 77.4 Å². The van der Waals surface area contributed by atoms with E-state index in [-0.39, 0.29) is 49.1 Å². The Labute approximate surface area is 363 Å². The number of amides is 2. The predicted octanol–water partition coefficient (Wildman–Crippen LogP) is 4.42. The van der Waals surface area contributed by atoms with E-state index >= 15 is 0 Å². The fourth-order valence-corrected chi connectivity index (χ4v) is 10.3. The third kappa shape index (κ3) is 10.0. The van der Waals surface area contributed by atoms with Gasteiger partial charge in [-0.2, -0.15) is 5.06 Å². The Bertz CT molecular complexity index is 1990. The van der Waals surface area contributed by atoms with Crippen molar-refractivity contribution in [2.75, 3.05) is 78.5 Å². The summed E-state index contributed by atoms with van der Waals surface area (Å²) in [6.07, 6.45) is 1.04. The van der Waals surface area contributed by atoms with Crippen LogP contribution < -0.4 is 25.2 Å². The van der Waals surface area contributed by atoms with E-state index in [4.69, 9.17) is 9.57 Å². The van der Waals surface area contributed by atoms with E-state index in [1.165, 1.54) is 6.42 Å². The zero-order chi connectivity index (χ0) is 44.3. The lowest BCUT2D eigenvalue weighted by Gasteiger charge is -2.62. The minimum Gasteiger partial charge on any atom is -0.496 e. The highest BCUT2D eigenvalue weighted by molar-refractivity contribution is 5.97. The molecule has 5 N–H and O–H groups in total. The minimum atomic E-state index is -0.915. The van der Waals surface area contributed by atoms with Gasteiger partial charge in [-0.25, -0.2) is 0 Å². The maximum absolute atomic E-state index is 14.4. The molecule has 3 aromatic carbocycles. The van der Waals surface area contributed by atoms with Gasteiger partial charge in [-0.3, -0.25) is 14.4 Å². The molecule has 0 aromatic heterocycles. The summed E-state index contributed by atoms with van der Waals surface area (Å²) in [5.74, 6) is 0.918. The summed E-state index contributed by atoms with van der Waals surface area (Å²) >= 11 is 0. The Morgan fingerprint density at radius 1 is 1.00 bits per heavy atom. The lowest BCUT2D eigenvalue weighted by molar-refractivity contribution is -0.183. The first-order valence-corrected chi connectivity index (χ1v) is 21.8. The van der Waals surface area contributed by atoms with E-state index in [1.807, 2.05) is 93.6 Å². The standard InChI is InChI=1S/C48H70N6O7/c1-29-40-24-35(48(40,3)4)25-41(29)50-47(59)44-43(30(2)57)42(28-56)61-54(44)26-32-14-12-16-39(45(32)60-10)33-21-34(23-38(22-33)52(7)8)46(58)49-36(27-51(5)6)19-31-13-11-15-37(20-31)53(9)17-18-55/h11-16,20-23,29-30,35-36,40-44,55-57H,17-19,24-28H2,1-10H3,(H,49,58)(H,50,59)/t29-,30-,35-,36-,40-,41-,42-,43+,44-/m0/s1. The van der Waals surface area contributed by atoms with Gasteiger partial charge >= 0.3 is 0 Å². The van der Waals surface area contributed by atoms with Crippen molar-refractivity contribution in [1.29, 1.82) is 0 Å². The molecule has 4 fully saturated rings. The number of fused-ring (bicyclic) bond motifs is 2. The first kappa shape index (κ1) is 46.3. The Hall–Kier alpha value is -4.24. The van der Waals surface area contributed by atoms with Crippen LogP contribution in [0.3, 0.4) is 0 Å². The number of aliphatic hydroxyl groups is 3. The van der Waals surface area contributed by atoms with Crippen LogP contribution in [0.2, 0.25) is 0 Å². The first-order chi connectivity index (χ1) is 29.0. The number of carbonyl (C=O) groups excluding carboxylic acids is 2. The molecule has 1 saturated heterocycles. The molecule has 7 rings (SSSR count). The molecule has 3 aliphatic carbocycles. The number of anilines is 2. The number of ether oxygens (including phenoxy) is 1. The number of rotatable bonds is 18. The smallest absolute Gasteiger partial charge is 0.251 e. The van der Waals surface area contributed by atoms with Crippen molar-refractivity contribution in [2.24, 2.45) is 29.1 Å². The van der Waals surface area contributed by atoms with Gasteiger partial charge in [0, 0.05) is 80.3 Å². The Morgan fingerprint density at radius 3 is 2.36 bits per heavy atom. The highest BCUT2D eigenvalue weighted by Gasteiger charge is 2.57. The van der Waals surface area contributed by atoms with Crippen molar-refractivity contribution in [3.8, 4) is 16.9 Å². The van der Waals surface area contributed by atoms with Gasteiger partial charge in [0.15, 0.2) is 0 Å². The zero-order valence-corrected chi connectivity index (χ0v) is 37.9. The number of hydrogen-bond acceptors (Lipinski definition) is 11. The van der Waals surface area contributed by atoms with Crippen LogP contribution in [0.15, 0.2) is 60.7 Å². The number of hydrogen-bond donors (Lipinski definition) is 5. The molecule has 0 radical (unpaired) electrons. The Morgan fingerprint density at radius 2 is 1.74 bits per heavy atom. The molecule has 2 amide bonds. The monoisotopic (exact) mass is 843 g/mol. The second-order valence-corrected chi connectivity index (χ2v) is 18.8. The van der Waals surface area contributed by atoms with Crippen LogP contribution in [0.25, 0.3) is 11.1 Å². The second kappa shape index (κ2) is 19.4. The van der Waals surface area contributed by atoms with Crippen molar-refractivity contribution in [2.45, 2.75) is 83.8 Å². The van der Waals surface area contributed by atoms with E-state index in [0.717, 1.165) is 40.0 Å². The zero-order valence-electron chi connectivity index (χ0n) is 37.9. The van der Waals surface area contributed by atoms with Crippen LogP contribution in [-0.2, 0) is 22.6 Å². The molecule has 3 saturated carbocycles. The van der Waals surface area contributed by atoms with Gasteiger partial charge in [-0.15, -0.1) is 0 Å². The molecule has 334 valence electrons. The summed E-state index contributed by atoms with van der Waals surface area (Å²) < 4.78 is 6.13. The lowest BCUT2D eigenvalue weighted by Crippen LogP contribution is -2.62. The molecule has 0 spiro atoms. The van der Waals surface area contributed by atoms with Gasteiger partial charge in [0.05, 0.1) is 33.0 Å². The highest BCUT2D eigenvalue weighted by Crippen LogP contribution is 2.61. The predicted molar refractivity (Wildman–Crippen MR) is 241 cm³/mol. The maximum Gasteiger partial charge on any atom is 0.251 e. The topological polar surface area (TPSA) is 150 Å². The third-order valence-corrected chi connectivity index (χ3v) is 13.9. The van der Waals surface area contributed by atoms with Gasteiger partial charge in [-0.05, 0) is 105 Å². The molecule has 0 unspecified atom stereocenters. The van der Waals surface area contributed by atoms with Gasteiger partial charge in [0.1, 0.15) is 17.9 Å². The molecule has 9 atom stereocenters. The molecular formula is C48H70N6O7. The first-order valence-electron chi connectivity index (χ1n) is 21.8. The van der Waals surface area contributed by atoms with Crippen molar-refractivity contribution in [1.82, 2.24) is 20.6 Å². The fourth-order valence-electron chi connectivity index (χ4n) is 10.3.